The number of alkyl halides is 3. The number of nitrogen functional groups attached to an aromatic ring is 1. The van der Waals surface area contributed by atoms with E-state index in [1.807, 2.05) is 0 Å². The number of benzene rings is 1. The van der Waals surface area contributed by atoms with E-state index in [4.69, 9.17) is 10.5 Å². The van der Waals surface area contributed by atoms with E-state index in [9.17, 15) is 13.2 Å². The van der Waals surface area contributed by atoms with Crippen LogP contribution in [0.2, 0.25) is 0 Å². The van der Waals surface area contributed by atoms with Crippen molar-refractivity contribution in [2.75, 3.05) is 5.73 Å². The summed E-state index contributed by atoms with van der Waals surface area (Å²) in [5, 5.41) is 10.1. The normalized spacial score (nSPS) is 11.8. The number of aromatic amines is 1. The van der Waals surface area contributed by atoms with E-state index in [0.717, 1.165) is 12.1 Å². The monoisotopic (exact) mass is 323 g/mol. The molecule has 0 fully saturated rings. The number of aryl methyl sites for hydroxylation is 1. The van der Waals surface area contributed by atoms with Crippen molar-refractivity contribution in [3.05, 3.63) is 41.0 Å². The molecule has 120 valence electrons. The summed E-state index contributed by atoms with van der Waals surface area (Å²) >= 11 is 0. The van der Waals surface area contributed by atoms with Gasteiger partial charge in [-0.15, -0.1) is 5.10 Å². The van der Waals surface area contributed by atoms with Gasteiger partial charge in [-0.05, 0) is 30.2 Å². The number of halogens is 3. The number of rotatable bonds is 3. The van der Waals surface area contributed by atoms with Gasteiger partial charge in [0, 0.05) is 6.07 Å². The molecule has 9 heteroatoms. The highest BCUT2D eigenvalue weighted by atomic mass is 19.4. The highest BCUT2D eigenvalue weighted by Crippen LogP contribution is 2.31. The molecule has 0 saturated heterocycles. The van der Waals surface area contributed by atoms with E-state index in [-0.39, 0.29) is 18.1 Å². The molecule has 3 rings (SSSR count). The first-order valence-electron chi connectivity index (χ1n) is 6.61. The van der Waals surface area contributed by atoms with Crippen LogP contribution in [-0.2, 0) is 12.8 Å². The molecule has 0 aliphatic rings. The number of H-pyrrole nitrogens is 1. The molecule has 3 N–H and O–H groups in total. The van der Waals surface area contributed by atoms with Gasteiger partial charge in [-0.2, -0.15) is 23.5 Å². The number of pyridine rings is 1. The quantitative estimate of drug-likeness (QED) is 0.773. The fraction of sp³-hybridized carbons (Fsp3) is 0.214. The number of hydrogen-bond donors (Lipinski definition) is 2. The van der Waals surface area contributed by atoms with E-state index < -0.39 is 11.7 Å². The standard InChI is InChI=1S/C14H12F3N5O/c1-7-2-3-9(14(15,16)17)4-8(7)6-23-10-5-11(18)19-13-12(10)20-22-21-13/h2-5H,6H2,1H3,(H3,18,19,20,21,22). The summed E-state index contributed by atoms with van der Waals surface area (Å²) in [5.74, 6) is 0.486. The van der Waals surface area contributed by atoms with E-state index >= 15 is 0 Å². The first-order chi connectivity index (χ1) is 10.8. The molecule has 0 spiro atoms. The second kappa shape index (κ2) is 5.41. The number of fused-ring (bicyclic) bond motifs is 1. The van der Waals surface area contributed by atoms with Crippen LogP contribution in [0.1, 0.15) is 16.7 Å². The molecule has 23 heavy (non-hydrogen) atoms. The minimum atomic E-state index is -4.40. The van der Waals surface area contributed by atoms with Crippen LogP contribution in [0.5, 0.6) is 5.75 Å². The molecule has 0 aliphatic heterocycles. The average molecular weight is 323 g/mol. The predicted molar refractivity (Wildman–Crippen MR) is 76.6 cm³/mol. The van der Waals surface area contributed by atoms with Crippen LogP contribution in [0.4, 0.5) is 19.0 Å². The number of nitrogens with zero attached hydrogens (tertiary/aromatic N) is 3. The van der Waals surface area contributed by atoms with Crippen molar-refractivity contribution in [1.29, 1.82) is 0 Å². The number of anilines is 1. The Balaban J connectivity index is 1.89. The van der Waals surface area contributed by atoms with Gasteiger partial charge in [0.05, 0.1) is 5.56 Å². The molecule has 0 aliphatic carbocycles. The lowest BCUT2D eigenvalue weighted by atomic mass is 10.1. The van der Waals surface area contributed by atoms with Gasteiger partial charge in [0.15, 0.2) is 11.3 Å². The van der Waals surface area contributed by atoms with Crippen molar-refractivity contribution < 1.29 is 17.9 Å². The number of ether oxygens (including phenoxy) is 1. The third-order valence-corrected chi connectivity index (χ3v) is 3.34. The third-order valence-electron chi connectivity index (χ3n) is 3.34. The molecule has 1 aromatic carbocycles. The Morgan fingerprint density at radius 1 is 1.22 bits per heavy atom. The van der Waals surface area contributed by atoms with Crippen molar-refractivity contribution >= 4 is 17.0 Å². The molecule has 2 heterocycles. The lowest BCUT2D eigenvalue weighted by Gasteiger charge is -2.12. The van der Waals surface area contributed by atoms with Crippen molar-refractivity contribution in [1.82, 2.24) is 20.4 Å². The lowest BCUT2D eigenvalue weighted by Crippen LogP contribution is -2.07. The Morgan fingerprint density at radius 3 is 2.74 bits per heavy atom. The van der Waals surface area contributed by atoms with Gasteiger partial charge in [-0.25, -0.2) is 4.98 Å². The Bertz CT molecular complexity index is 859. The summed E-state index contributed by atoms with van der Waals surface area (Å²) in [6.07, 6.45) is -4.40. The fourth-order valence-electron chi connectivity index (χ4n) is 2.09. The number of nitrogens with two attached hydrogens (primary N) is 1. The van der Waals surface area contributed by atoms with E-state index in [1.165, 1.54) is 12.1 Å². The van der Waals surface area contributed by atoms with Crippen molar-refractivity contribution in [2.24, 2.45) is 0 Å². The van der Waals surface area contributed by atoms with Crippen LogP contribution in [-0.4, -0.2) is 20.4 Å². The average Bonchev–Trinajstić information content (AvgIpc) is 2.93. The highest BCUT2D eigenvalue weighted by molar-refractivity contribution is 5.78. The van der Waals surface area contributed by atoms with Gasteiger partial charge in [0.25, 0.3) is 0 Å². The number of nitrogens with one attached hydrogen (secondary N) is 1. The second-order valence-electron chi connectivity index (χ2n) is 4.97. The first-order valence-corrected chi connectivity index (χ1v) is 6.61. The Kier molecular flexibility index (Phi) is 3.55. The molecule has 0 atom stereocenters. The molecule has 0 saturated carbocycles. The number of hydrogen-bond acceptors (Lipinski definition) is 5. The largest absolute Gasteiger partial charge is 0.486 e. The van der Waals surface area contributed by atoms with Crippen molar-refractivity contribution in [2.45, 2.75) is 19.7 Å². The fourth-order valence-corrected chi connectivity index (χ4v) is 2.09. The summed E-state index contributed by atoms with van der Waals surface area (Å²) in [7, 11) is 0. The van der Waals surface area contributed by atoms with Gasteiger partial charge in [-0.3, -0.25) is 0 Å². The lowest BCUT2D eigenvalue weighted by molar-refractivity contribution is -0.137. The summed E-state index contributed by atoms with van der Waals surface area (Å²) in [6, 6.07) is 4.97. The van der Waals surface area contributed by atoms with E-state index in [0.29, 0.717) is 22.4 Å². The van der Waals surface area contributed by atoms with Gasteiger partial charge in [0.2, 0.25) is 5.65 Å². The molecule has 0 amide bonds. The Hall–Kier alpha value is -2.84. The minimum Gasteiger partial charge on any atom is -0.486 e. The van der Waals surface area contributed by atoms with Crippen LogP contribution in [0.25, 0.3) is 11.2 Å². The summed E-state index contributed by atoms with van der Waals surface area (Å²) in [5.41, 5.74) is 6.68. The second-order valence-corrected chi connectivity index (χ2v) is 4.97. The maximum atomic E-state index is 12.8. The zero-order chi connectivity index (χ0) is 16.6. The predicted octanol–water partition coefficient (Wildman–Crippen LogP) is 2.84. The molecule has 6 nitrogen and oxygen atoms in total. The zero-order valence-electron chi connectivity index (χ0n) is 12.0. The zero-order valence-corrected chi connectivity index (χ0v) is 12.0. The summed E-state index contributed by atoms with van der Waals surface area (Å²) in [4.78, 5) is 3.96. The molecule has 0 unspecified atom stereocenters. The van der Waals surface area contributed by atoms with Gasteiger partial charge >= 0.3 is 6.18 Å². The van der Waals surface area contributed by atoms with Crippen LogP contribution < -0.4 is 10.5 Å². The molecule has 0 bridgehead atoms. The SMILES string of the molecule is Cc1ccc(C(F)(F)F)cc1COc1cc(N)nc2n[nH]nc12. The summed E-state index contributed by atoms with van der Waals surface area (Å²) < 4.78 is 44.0. The molecular weight excluding hydrogens is 311 g/mol. The smallest absolute Gasteiger partial charge is 0.416 e. The van der Waals surface area contributed by atoms with Gasteiger partial charge < -0.3 is 10.5 Å². The first kappa shape index (κ1) is 15.1. The maximum Gasteiger partial charge on any atom is 0.416 e. The molecule has 0 radical (unpaired) electrons. The van der Waals surface area contributed by atoms with Crippen molar-refractivity contribution in [3.63, 3.8) is 0 Å². The molecular formula is C14H12F3N5O. The summed E-state index contributed by atoms with van der Waals surface area (Å²) in [6.45, 7) is 1.66. The minimum absolute atomic E-state index is 0.0544. The number of aromatic nitrogens is 4. The van der Waals surface area contributed by atoms with Crippen molar-refractivity contribution in [3.8, 4) is 5.75 Å². The van der Waals surface area contributed by atoms with Crippen LogP contribution in [0, 0.1) is 6.92 Å². The van der Waals surface area contributed by atoms with Gasteiger partial charge in [0.1, 0.15) is 12.4 Å². The van der Waals surface area contributed by atoms with Crippen LogP contribution in [0.15, 0.2) is 24.3 Å². The Morgan fingerprint density at radius 2 is 2.00 bits per heavy atom. The van der Waals surface area contributed by atoms with Crippen LogP contribution in [0.3, 0.4) is 0 Å². The molecule has 2 aromatic heterocycles. The maximum absolute atomic E-state index is 12.8. The third kappa shape index (κ3) is 3.03. The van der Waals surface area contributed by atoms with Gasteiger partial charge in [-0.1, -0.05) is 6.07 Å². The Labute approximate surface area is 128 Å². The van der Waals surface area contributed by atoms with Crippen LogP contribution >= 0.6 is 0 Å². The topological polar surface area (TPSA) is 89.7 Å². The van der Waals surface area contributed by atoms with E-state index in [1.54, 1.807) is 6.92 Å². The molecule has 3 aromatic rings. The van der Waals surface area contributed by atoms with E-state index in [2.05, 4.69) is 20.4 Å². The highest BCUT2D eigenvalue weighted by Gasteiger charge is 2.30.